The number of allylic oxidation sites excluding steroid dienone is 3. The Labute approximate surface area is 326 Å². The third-order valence-corrected chi connectivity index (χ3v) is 14.5. The number of fused-ring (bicyclic) bond motifs is 4. The van der Waals surface area contributed by atoms with Crippen molar-refractivity contribution in [3.8, 4) is 0 Å². The summed E-state index contributed by atoms with van der Waals surface area (Å²) in [4.78, 5) is 7.34. The quantitative estimate of drug-likeness (QED) is 0.133. The van der Waals surface area contributed by atoms with E-state index in [2.05, 4.69) is 206 Å². The van der Waals surface area contributed by atoms with Crippen LogP contribution in [0.4, 0.5) is 39.8 Å². The summed E-state index contributed by atoms with van der Waals surface area (Å²) in [6.45, 7) is 11.2. The van der Waals surface area contributed by atoms with Crippen molar-refractivity contribution < 1.29 is 9.88 Å². The summed E-state index contributed by atoms with van der Waals surface area (Å²) in [6.07, 6.45) is 16.2. The Morgan fingerprint density at radius 3 is 2.02 bits per heavy atom. The number of aryl methyl sites for hydroxylation is 2. The summed E-state index contributed by atoms with van der Waals surface area (Å²) < 4.78 is 17.1. The number of rotatable bonds is 7. The van der Waals surface area contributed by atoms with Crippen LogP contribution >= 0.6 is 7.14 Å². The Balaban J connectivity index is 1.34. The molecule has 0 saturated carbocycles. The highest BCUT2D eigenvalue weighted by atomic mass is 31.2. The van der Waals surface area contributed by atoms with Crippen molar-refractivity contribution in [1.82, 2.24) is 0 Å². The molecule has 5 aromatic carbocycles. The minimum absolute atomic E-state index is 0.0257. The van der Waals surface area contributed by atoms with E-state index in [1.54, 1.807) is 0 Å². The second-order valence-electron chi connectivity index (χ2n) is 16.3. The molecule has 55 heavy (non-hydrogen) atoms. The molecule has 3 atom stereocenters. The molecule has 4 aliphatic rings. The fourth-order valence-corrected chi connectivity index (χ4v) is 12.5. The molecule has 276 valence electrons. The lowest BCUT2D eigenvalue weighted by Crippen LogP contribution is -2.89. The highest BCUT2D eigenvalue weighted by Crippen LogP contribution is 2.68. The summed E-state index contributed by atoms with van der Waals surface area (Å²) in [6, 6.07) is 41.5. The van der Waals surface area contributed by atoms with Crippen LogP contribution in [0.5, 0.6) is 0 Å². The van der Waals surface area contributed by atoms with Crippen LogP contribution in [0.15, 0.2) is 163 Å². The molecule has 5 nitrogen and oxygen atoms in total. The minimum Gasteiger partial charge on any atom is -0.358 e. The van der Waals surface area contributed by atoms with Gasteiger partial charge in [-0.1, -0.05) is 91.9 Å². The summed E-state index contributed by atoms with van der Waals surface area (Å²) in [5, 5.41) is 5.18. The van der Waals surface area contributed by atoms with Gasteiger partial charge in [0.1, 0.15) is 5.69 Å². The van der Waals surface area contributed by atoms with Gasteiger partial charge in [-0.3, -0.25) is 0 Å². The maximum absolute atomic E-state index is 17.1. The summed E-state index contributed by atoms with van der Waals surface area (Å²) in [5.74, 6) is 0. The van der Waals surface area contributed by atoms with Crippen LogP contribution in [0.3, 0.4) is 0 Å². The molecule has 0 amide bonds. The predicted octanol–water partition coefficient (Wildman–Crippen LogP) is 10.7. The van der Waals surface area contributed by atoms with E-state index in [4.69, 9.17) is 0 Å². The Bertz CT molecular complexity index is 2440. The van der Waals surface area contributed by atoms with Crippen molar-refractivity contribution in [2.45, 2.75) is 71.5 Å². The van der Waals surface area contributed by atoms with Gasteiger partial charge < -0.3 is 24.6 Å². The van der Waals surface area contributed by atoms with E-state index in [1.807, 2.05) is 0 Å². The van der Waals surface area contributed by atoms with Crippen LogP contribution in [-0.4, -0.2) is 17.6 Å². The first kappa shape index (κ1) is 35.4. The van der Waals surface area contributed by atoms with Crippen molar-refractivity contribution in [2.75, 3.05) is 14.7 Å². The molecule has 0 radical (unpaired) electrons. The van der Waals surface area contributed by atoms with Crippen LogP contribution in [0.25, 0.3) is 0 Å². The van der Waals surface area contributed by atoms with Crippen molar-refractivity contribution in [3.63, 3.8) is 0 Å². The second-order valence-corrected chi connectivity index (χ2v) is 18.9. The number of quaternary nitrogens is 1. The van der Waals surface area contributed by atoms with Crippen molar-refractivity contribution in [1.29, 1.82) is 0 Å². The first-order valence-corrected chi connectivity index (χ1v) is 21.4. The average Bonchev–Trinajstić information content (AvgIpc) is 3.19. The Morgan fingerprint density at radius 2 is 1.40 bits per heavy atom. The molecule has 2 N–H and O–H groups in total. The zero-order valence-corrected chi connectivity index (χ0v) is 33.4. The zero-order valence-electron chi connectivity index (χ0n) is 32.5. The third kappa shape index (κ3) is 6.02. The maximum atomic E-state index is 17.1. The largest absolute Gasteiger partial charge is 0.358 e. The van der Waals surface area contributed by atoms with Crippen LogP contribution < -0.4 is 30.6 Å². The van der Waals surface area contributed by atoms with E-state index in [1.165, 1.54) is 16.9 Å². The number of hydrogen-bond acceptors (Lipinski definition) is 4. The number of nitrogens with two attached hydrogens (primary N) is 1. The first-order chi connectivity index (χ1) is 26.7. The predicted molar refractivity (Wildman–Crippen MR) is 232 cm³/mol. The Hall–Kier alpha value is -5.35. The summed E-state index contributed by atoms with van der Waals surface area (Å²) in [5.41, 5.74) is 10.9. The average molecular weight is 742 g/mol. The highest BCUT2D eigenvalue weighted by Gasteiger charge is 2.52. The standard InChI is InChI=1S/C49H49N4OP/c1-6-35-31-47-43(33-41(35)50-49(3,4)5)53(39-25-17-10-18-26-39)45-30-34(2)29-44-48(45)55(47,54)46-28-27-40(32-42(46)52(44)38-23-15-9-16-24-38)51(36-19-11-7-12-20-36)37-21-13-8-14-22-37/h7-21,23-26,28-33,37,40,50H,6,22,27H2,1-5H3/p+1. The SMILES string of the molecule is CCc1cc2c(cc1[NH2+]C(C)(C)C)N(c1ccccc1)c1cc(C)cc3c1P2(=O)C1=CCC(N(c2ccccc2)C2C=CC=CC2)C=C1N3c1ccccc1. The molecule has 0 saturated heterocycles. The van der Waals surface area contributed by atoms with Crippen LogP contribution in [0.1, 0.15) is 51.7 Å². The number of benzene rings is 5. The van der Waals surface area contributed by atoms with E-state index in [0.29, 0.717) is 0 Å². The van der Waals surface area contributed by atoms with Gasteiger partial charge in [0.25, 0.3) is 0 Å². The molecule has 0 bridgehead atoms. The van der Waals surface area contributed by atoms with Gasteiger partial charge in [0.15, 0.2) is 7.14 Å². The molecule has 0 fully saturated rings. The van der Waals surface area contributed by atoms with E-state index in [-0.39, 0.29) is 17.6 Å². The van der Waals surface area contributed by atoms with Gasteiger partial charge in [-0.2, -0.15) is 0 Å². The number of nitrogens with zero attached hydrogens (tertiary/aromatic N) is 3. The van der Waals surface area contributed by atoms with Crippen molar-refractivity contribution >= 4 is 57.6 Å². The van der Waals surface area contributed by atoms with Gasteiger partial charge in [-0.25, -0.2) is 0 Å². The van der Waals surface area contributed by atoms with Gasteiger partial charge in [-0.05, 0) is 113 Å². The Morgan fingerprint density at radius 1 is 0.764 bits per heavy atom. The molecule has 3 unspecified atom stereocenters. The van der Waals surface area contributed by atoms with Crippen molar-refractivity contribution in [3.05, 3.63) is 174 Å². The fourth-order valence-electron chi connectivity index (χ4n) is 9.07. The van der Waals surface area contributed by atoms with Gasteiger partial charge in [0.2, 0.25) is 0 Å². The van der Waals surface area contributed by atoms with Crippen LogP contribution in [-0.2, 0) is 11.0 Å². The van der Waals surface area contributed by atoms with Gasteiger partial charge in [0.05, 0.1) is 45.7 Å². The number of para-hydroxylation sites is 3. The van der Waals surface area contributed by atoms with E-state index in [0.717, 1.165) is 74.9 Å². The Kier molecular flexibility index (Phi) is 8.84. The molecule has 2 heterocycles. The first-order valence-electron chi connectivity index (χ1n) is 19.7. The lowest BCUT2D eigenvalue weighted by Gasteiger charge is -2.48. The number of anilines is 6. The van der Waals surface area contributed by atoms with E-state index < -0.39 is 7.14 Å². The van der Waals surface area contributed by atoms with Gasteiger partial charge >= 0.3 is 0 Å². The van der Waals surface area contributed by atoms with E-state index >= 15 is 4.57 Å². The minimum atomic E-state index is -3.41. The molecule has 0 spiro atoms. The molecule has 6 heteroatoms. The molecular weight excluding hydrogens is 692 g/mol. The highest BCUT2D eigenvalue weighted by molar-refractivity contribution is 7.83. The molecular formula is C49H50N4OP+. The third-order valence-electron chi connectivity index (χ3n) is 11.3. The normalized spacial score (nSPS) is 21.0. The monoisotopic (exact) mass is 741 g/mol. The molecule has 0 aromatic heterocycles. The lowest BCUT2D eigenvalue weighted by molar-refractivity contribution is -0.642. The second kappa shape index (κ2) is 13.7. The van der Waals surface area contributed by atoms with Gasteiger partial charge in [0, 0.05) is 39.3 Å². The topological polar surface area (TPSA) is 43.4 Å². The molecule has 2 aliphatic heterocycles. The molecule has 9 rings (SSSR count). The maximum Gasteiger partial charge on any atom is 0.178 e. The fraction of sp³-hybridized carbons (Fsp3) is 0.224. The summed E-state index contributed by atoms with van der Waals surface area (Å²) >= 11 is 0. The number of hydrogen-bond donors (Lipinski definition) is 1. The molecule has 2 aliphatic carbocycles. The lowest BCUT2D eigenvalue weighted by atomic mass is 9.97. The smallest absolute Gasteiger partial charge is 0.178 e. The summed E-state index contributed by atoms with van der Waals surface area (Å²) in [7, 11) is -3.41. The van der Waals surface area contributed by atoms with Crippen LogP contribution in [0.2, 0.25) is 0 Å². The zero-order chi connectivity index (χ0) is 37.9. The van der Waals surface area contributed by atoms with Crippen LogP contribution in [0, 0.1) is 6.92 Å². The van der Waals surface area contributed by atoms with Gasteiger partial charge in [-0.15, -0.1) is 0 Å². The molecule has 5 aromatic rings. The van der Waals surface area contributed by atoms with E-state index in [9.17, 15) is 0 Å². The van der Waals surface area contributed by atoms with Crippen molar-refractivity contribution in [2.24, 2.45) is 0 Å².